The largest absolute Gasteiger partial charge is 0.397 e. The lowest BCUT2D eigenvalue weighted by atomic mass is 10.2. The number of nitrogens with zero attached hydrogens (tertiary/aromatic N) is 1. The van der Waals surface area contributed by atoms with Crippen molar-refractivity contribution in [3.05, 3.63) is 46.1 Å². The Morgan fingerprint density at radius 1 is 1.45 bits per heavy atom. The Morgan fingerprint density at radius 3 is 3.05 bits per heavy atom. The van der Waals surface area contributed by atoms with Gasteiger partial charge in [-0.15, -0.1) is 11.3 Å². The monoisotopic (exact) mass is 307 g/mol. The van der Waals surface area contributed by atoms with Gasteiger partial charge in [0, 0.05) is 21.2 Å². The first-order valence-electron chi connectivity index (χ1n) is 5.80. The normalized spacial score (nSPS) is 10.8. The van der Waals surface area contributed by atoms with Crippen LogP contribution in [0.5, 0.6) is 0 Å². The van der Waals surface area contributed by atoms with Crippen LogP contribution in [-0.4, -0.2) is 11.1 Å². The third-order valence-corrected chi connectivity index (χ3v) is 4.23. The zero-order valence-electron chi connectivity index (χ0n) is 10.2. The lowest BCUT2D eigenvalue weighted by Gasteiger charge is -2.01. The van der Waals surface area contributed by atoms with Crippen molar-refractivity contribution in [1.29, 1.82) is 0 Å². The Morgan fingerprint density at radius 2 is 2.30 bits per heavy atom. The Balaban J connectivity index is 1.86. The average molecular weight is 308 g/mol. The van der Waals surface area contributed by atoms with Crippen LogP contribution in [0, 0.1) is 0 Å². The number of hydrogen-bond acceptors (Lipinski definition) is 5. The van der Waals surface area contributed by atoms with Crippen molar-refractivity contribution in [3.63, 3.8) is 0 Å². The number of thiophene rings is 1. The molecule has 3 N–H and O–H groups in total. The van der Waals surface area contributed by atoms with E-state index in [-0.39, 0.29) is 12.5 Å². The van der Waals surface area contributed by atoms with Gasteiger partial charge in [0.25, 0.3) is 5.91 Å². The topological polar surface area (TPSA) is 81.2 Å². The molecule has 1 amide bonds. The van der Waals surface area contributed by atoms with Crippen LogP contribution in [0.3, 0.4) is 0 Å². The number of nitrogen functional groups attached to an aromatic ring is 1. The van der Waals surface area contributed by atoms with Crippen molar-refractivity contribution in [2.45, 2.75) is 6.54 Å². The molecule has 2 aromatic heterocycles. The quantitative estimate of drug-likeness (QED) is 0.779. The standard InChI is InChI=1S/C13H10ClN3O2S/c14-7-1-2-10-9(5-7)11(15)12(20-10)13(18)16-6-8-3-4-17-19-8/h1-5H,6,15H2,(H,16,18). The summed E-state index contributed by atoms with van der Waals surface area (Å²) in [6.45, 7) is 0.271. The van der Waals surface area contributed by atoms with Gasteiger partial charge in [0.1, 0.15) is 4.88 Å². The molecule has 3 aromatic rings. The third kappa shape index (κ3) is 2.35. The number of carbonyl (C=O) groups excluding carboxylic acids is 1. The van der Waals surface area contributed by atoms with E-state index in [1.165, 1.54) is 17.5 Å². The number of halogens is 1. The molecule has 0 atom stereocenters. The second kappa shape index (κ2) is 5.15. The van der Waals surface area contributed by atoms with E-state index in [1.807, 2.05) is 6.07 Å². The second-order valence-electron chi connectivity index (χ2n) is 4.15. The average Bonchev–Trinajstić information content (AvgIpc) is 3.05. The molecule has 0 radical (unpaired) electrons. The molecule has 7 heteroatoms. The summed E-state index contributed by atoms with van der Waals surface area (Å²) >= 11 is 7.27. The van der Waals surface area contributed by atoms with E-state index in [4.69, 9.17) is 21.9 Å². The van der Waals surface area contributed by atoms with Crippen LogP contribution < -0.4 is 11.1 Å². The molecule has 0 spiro atoms. The van der Waals surface area contributed by atoms with Gasteiger partial charge in [0.2, 0.25) is 0 Å². The maximum absolute atomic E-state index is 12.1. The predicted octanol–water partition coefficient (Wildman–Crippen LogP) is 3.05. The van der Waals surface area contributed by atoms with E-state index in [1.54, 1.807) is 18.2 Å². The molecule has 0 unspecified atom stereocenters. The van der Waals surface area contributed by atoms with E-state index in [0.717, 1.165) is 10.1 Å². The van der Waals surface area contributed by atoms with Crippen LogP contribution in [0.25, 0.3) is 10.1 Å². The second-order valence-corrected chi connectivity index (χ2v) is 5.64. The number of rotatable bonds is 3. The molecule has 0 bridgehead atoms. The first kappa shape index (κ1) is 13.0. The smallest absolute Gasteiger partial charge is 0.263 e. The number of nitrogens with two attached hydrogens (primary N) is 1. The van der Waals surface area contributed by atoms with Crippen molar-refractivity contribution < 1.29 is 9.32 Å². The van der Waals surface area contributed by atoms with Gasteiger partial charge in [0.05, 0.1) is 18.4 Å². The molecular formula is C13H10ClN3O2S. The number of carbonyl (C=O) groups is 1. The molecule has 102 valence electrons. The van der Waals surface area contributed by atoms with Gasteiger partial charge in [-0.2, -0.15) is 0 Å². The third-order valence-electron chi connectivity index (χ3n) is 2.81. The van der Waals surface area contributed by atoms with E-state index >= 15 is 0 Å². The van der Waals surface area contributed by atoms with E-state index in [0.29, 0.717) is 21.3 Å². The summed E-state index contributed by atoms with van der Waals surface area (Å²) in [6.07, 6.45) is 1.53. The van der Waals surface area contributed by atoms with Gasteiger partial charge in [0.15, 0.2) is 5.76 Å². The SMILES string of the molecule is Nc1c(C(=O)NCc2ccno2)sc2ccc(Cl)cc12. The van der Waals surface area contributed by atoms with Gasteiger partial charge in [-0.25, -0.2) is 0 Å². The fourth-order valence-corrected chi connectivity index (χ4v) is 3.03. The van der Waals surface area contributed by atoms with Crippen molar-refractivity contribution in [3.8, 4) is 0 Å². The van der Waals surface area contributed by atoms with Gasteiger partial charge in [-0.1, -0.05) is 16.8 Å². The minimum absolute atomic E-state index is 0.240. The lowest BCUT2D eigenvalue weighted by molar-refractivity contribution is 0.0952. The van der Waals surface area contributed by atoms with Crippen molar-refractivity contribution in [1.82, 2.24) is 10.5 Å². The molecule has 5 nitrogen and oxygen atoms in total. The van der Waals surface area contributed by atoms with Crippen molar-refractivity contribution >= 4 is 44.6 Å². The first-order chi connectivity index (χ1) is 9.65. The van der Waals surface area contributed by atoms with Crippen molar-refractivity contribution in [2.75, 3.05) is 5.73 Å². The molecule has 2 heterocycles. The highest BCUT2D eigenvalue weighted by molar-refractivity contribution is 7.21. The fraction of sp³-hybridized carbons (Fsp3) is 0.0769. The number of aromatic nitrogens is 1. The summed E-state index contributed by atoms with van der Waals surface area (Å²) in [5.74, 6) is 0.345. The van der Waals surface area contributed by atoms with Gasteiger partial charge < -0.3 is 15.6 Å². The van der Waals surface area contributed by atoms with E-state index in [9.17, 15) is 4.79 Å². The van der Waals surface area contributed by atoms with Crippen LogP contribution in [-0.2, 0) is 6.54 Å². The summed E-state index contributed by atoms with van der Waals surface area (Å²) in [5, 5.41) is 7.71. The minimum Gasteiger partial charge on any atom is -0.397 e. The lowest BCUT2D eigenvalue weighted by Crippen LogP contribution is -2.22. The van der Waals surface area contributed by atoms with Crippen LogP contribution in [0.4, 0.5) is 5.69 Å². The van der Waals surface area contributed by atoms with Crippen LogP contribution in [0.2, 0.25) is 5.02 Å². The molecule has 1 aromatic carbocycles. The predicted molar refractivity (Wildman–Crippen MR) is 78.9 cm³/mol. The summed E-state index contributed by atoms with van der Waals surface area (Å²) in [6, 6.07) is 7.08. The summed E-state index contributed by atoms with van der Waals surface area (Å²) < 4.78 is 5.84. The van der Waals surface area contributed by atoms with E-state index < -0.39 is 0 Å². The highest BCUT2D eigenvalue weighted by atomic mass is 35.5. The Bertz CT molecular complexity index is 767. The number of benzene rings is 1. The zero-order chi connectivity index (χ0) is 14.1. The number of anilines is 1. The molecule has 0 aliphatic rings. The molecular weight excluding hydrogens is 298 g/mol. The summed E-state index contributed by atoms with van der Waals surface area (Å²) in [7, 11) is 0. The highest BCUT2D eigenvalue weighted by Gasteiger charge is 2.16. The highest BCUT2D eigenvalue weighted by Crippen LogP contribution is 2.35. The van der Waals surface area contributed by atoms with E-state index in [2.05, 4.69) is 10.5 Å². The molecule has 20 heavy (non-hydrogen) atoms. The Labute approximate surface area is 123 Å². The molecule has 0 saturated heterocycles. The van der Waals surface area contributed by atoms with Crippen LogP contribution in [0.15, 0.2) is 35.0 Å². The minimum atomic E-state index is -0.240. The van der Waals surface area contributed by atoms with Gasteiger partial charge in [-0.3, -0.25) is 4.79 Å². The fourth-order valence-electron chi connectivity index (χ4n) is 1.84. The van der Waals surface area contributed by atoms with Crippen molar-refractivity contribution in [2.24, 2.45) is 0 Å². The number of nitrogens with one attached hydrogen (secondary N) is 1. The summed E-state index contributed by atoms with van der Waals surface area (Å²) in [4.78, 5) is 12.6. The zero-order valence-corrected chi connectivity index (χ0v) is 11.8. The maximum Gasteiger partial charge on any atom is 0.263 e. The van der Waals surface area contributed by atoms with Crippen LogP contribution >= 0.6 is 22.9 Å². The van der Waals surface area contributed by atoms with Gasteiger partial charge in [-0.05, 0) is 18.2 Å². The molecule has 0 aliphatic heterocycles. The Kier molecular flexibility index (Phi) is 3.33. The number of amides is 1. The number of hydrogen-bond donors (Lipinski definition) is 2. The summed E-state index contributed by atoms with van der Waals surface area (Å²) in [5.41, 5.74) is 6.46. The van der Waals surface area contributed by atoms with Crippen LogP contribution in [0.1, 0.15) is 15.4 Å². The maximum atomic E-state index is 12.1. The molecule has 0 saturated carbocycles. The molecule has 3 rings (SSSR count). The Hall–Kier alpha value is -2.05. The first-order valence-corrected chi connectivity index (χ1v) is 7.00. The number of fused-ring (bicyclic) bond motifs is 1. The molecule has 0 fully saturated rings. The molecule has 0 aliphatic carbocycles. The van der Waals surface area contributed by atoms with Gasteiger partial charge >= 0.3 is 0 Å².